The highest BCUT2D eigenvalue weighted by molar-refractivity contribution is 7.07. The van der Waals surface area contributed by atoms with Crippen LogP contribution >= 0.6 is 11.3 Å². The van der Waals surface area contributed by atoms with Gasteiger partial charge in [0, 0.05) is 30.1 Å². The molecule has 0 unspecified atom stereocenters. The molecule has 8 nitrogen and oxygen atoms in total. The van der Waals surface area contributed by atoms with Crippen molar-refractivity contribution in [3.63, 3.8) is 0 Å². The number of methoxy groups -OCH3 is 1. The van der Waals surface area contributed by atoms with Crippen LogP contribution in [0.3, 0.4) is 0 Å². The van der Waals surface area contributed by atoms with Crippen molar-refractivity contribution in [1.29, 1.82) is 0 Å². The van der Waals surface area contributed by atoms with Crippen molar-refractivity contribution in [3.05, 3.63) is 95.9 Å². The zero-order valence-corrected chi connectivity index (χ0v) is 25.4. The first kappa shape index (κ1) is 28.2. The molecule has 0 radical (unpaired) electrons. The summed E-state index contributed by atoms with van der Waals surface area (Å²) in [5.74, 6) is 0.0909. The molecule has 0 aliphatic carbocycles. The molecule has 2 atom stereocenters. The van der Waals surface area contributed by atoms with Gasteiger partial charge in [0.1, 0.15) is 11.8 Å². The molecule has 1 fully saturated rings. The molecule has 0 spiro atoms. The quantitative estimate of drug-likeness (QED) is 0.297. The zero-order chi connectivity index (χ0) is 29.5. The lowest BCUT2D eigenvalue weighted by molar-refractivity contribution is -0.139. The Bertz CT molecular complexity index is 1910. The second kappa shape index (κ2) is 11.4. The summed E-state index contributed by atoms with van der Waals surface area (Å²) in [5.41, 5.74) is 4.57. The van der Waals surface area contributed by atoms with Crippen molar-refractivity contribution < 1.29 is 19.0 Å². The standard InChI is InChI=1S/C33H35N3O5S/c1-6-40-32(38)28-20(3)34-33-36(30(28)29-25-12-8-7-10-22(25)13-14-26(29)39-5)31(37)27(42-33)17-23-16-19(2)35(21(23)4)18-24-11-9-15-41-24/h7-8,10,12-14,16-17,24,30H,6,9,11,15,18H2,1-5H3/b27-17-/t24-,30-/m1/s1. The predicted molar refractivity (Wildman–Crippen MR) is 164 cm³/mol. The van der Waals surface area contributed by atoms with E-state index < -0.39 is 12.0 Å². The van der Waals surface area contributed by atoms with Gasteiger partial charge in [0.25, 0.3) is 5.56 Å². The maximum absolute atomic E-state index is 14.3. The Kier molecular flexibility index (Phi) is 7.64. The van der Waals surface area contributed by atoms with Gasteiger partial charge in [-0.05, 0) is 75.1 Å². The van der Waals surface area contributed by atoms with E-state index in [1.165, 1.54) is 11.3 Å². The number of carbonyl (C=O) groups is 1. The molecule has 2 aromatic carbocycles. The molecule has 0 amide bonds. The number of allylic oxidation sites excluding steroid dienone is 1. The number of hydrogen-bond donors (Lipinski definition) is 0. The van der Waals surface area contributed by atoms with Gasteiger partial charge in [-0.25, -0.2) is 9.79 Å². The Labute approximate surface area is 248 Å². The van der Waals surface area contributed by atoms with Crippen LogP contribution in [0.5, 0.6) is 5.75 Å². The van der Waals surface area contributed by atoms with Gasteiger partial charge < -0.3 is 18.8 Å². The largest absolute Gasteiger partial charge is 0.496 e. The Hall–Kier alpha value is -3.95. The van der Waals surface area contributed by atoms with Gasteiger partial charge in [-0.3, -0.25) is 9.36 Å². The maximum Gasteiger partial charge on any atom is 0.338 e. The number of rotatable bonds is 7. The molecule has 6 rings (SSSR count). The average molecular weight is 586 g/mol. The van der Waals surface area contributed by atoms with E-state index in [-0.39, 0.29) is 18.3 Å². The third-order valence-electron chi connectivity index (χ3n) is 8.25. The van der Waals surface area contributed by atoms with Crippen LogP contribution in [-0.2, 0) is 20.8 Å². The zero-order valence-electron chi connectivity index (χ0n) is 24.6. The monoisotopic (exact) mass is 585 g/mol. The van der Waals surface area contributed by atoms with Crippen LogP contribution in [0.1, 0.15) is 55.2 Å². The van der Waals surface area contributed by atoms with E-state index >= 15 is 0 Å². The summed E-state index contributed by atoms with van der Waals surface area (Å²) in [6, 6.07) is 13.1. The van der Waals surface area contributed by atoms with Gasteiger partial charge in [-0.15, -0.1) is 0 Å². The molecule has 4 heterocycles. The molecule has 9 heteroatoms. The molecule has 2 aromatic heterocycles. The number of thiazole rings is 1. The molecule has 4 aromatic rings. The Morgan fingerprint density at radius 2 is 2.00 bits per heavy atom. The maximum atomic E-state index is 14.3. The number of fused-ring (bicyclic) bond motifs is 2. The fraction of sp³-hybridized carbons (Fsp3) is 0.364. The smallest absolute Gasteiger partial charge is 0.338 e. The minimum Gasteiger partial charge on any atom is -0.496 e. The lowest BCUT2D eigenvalue weighted by Crippen LogP contribution is -2.40. The van der Waals surface area contributed by atoms with Gasteiger partial charge >= 0.3 is 5.97 Å². The van der Waals surface area contributed by atoms with E-state index in [0.29, 0.717) is 26.4 Å². The number of benzene rings is 2. The second-order valence-electron chi connectivity index (χ2n) is 10.8. The summed E-state index contributed by atoms with van der Waals surface area (Å²) < 4.78 is 21.7. The van der Waals surface area contributed by atoms with E-state index in [2.05, 4.69) is 24.5 Å². The van der Waals surface area contributed by atoms with Gasteiger partial charge in [-0.1, -0.05) is 41.7 Å². The summed E-state index contributed by atoms with van der Waals surface area (Å²) in [4.78, 5) is 33.0. The SMILES string of the molecule is CCOC(=O)C1=C(C)N=c2s/c(=C\c3cc(C)n(C[C@H]4CCCO4)c3C)c(=O)n2[C@H]1c1c(OC)ccc2ccccc12. The topological polar surface area (TPSA) is 84.0 Å². The number of carbonyl (C=O) groups excluding carboxylic acids is 1. The third-order valence-corrected chi connectivity index (χ3v) is 9.23. The molecule has 0 bridgehead atoms. The van der Waals surface area contributed by atoms with Crippen molar-refractivity contribution in [3.8, 4) is 5.75 Å². The molecule has 0 saturated carbocycles. The van der Waals surface area contributed by atoms with Gasteiger partial charge in [0.15, 0.2) is 4.80 Å². The highest BCUT2D eigenvalue weighted by Gasteiger charge is 2.36. The van der Waals surface area contributed by atoms with Gasteiger partial charge in [0.05, 0.1) is 35.6 Å². The van der Waals surface area contributed by atoms with E-state index in [4.69, 9.17) is 19.2 Å². The van der Waals surface area contributed by atoms with E-state index in [0.717, 1.165) is 59.3 Å². The number of aryl methyl sites for hydroxylation is 1. The first-order valence-electron chi connectivity index (χ1n) is 14.4. The lowest BCUT2D eigenvalue weighted by atomic mass is 9.90. The molecular weight excluding hydrogens is 550 g/mol. The summed E-state index contributed by atoms with van der Waals surface area (Å²) in [6.07, 6.45) is 4.31. The van der Waals surface area contributed by atoms with Crippen LogP contribution in [0.25, 0.3) is 16.8 Å². The molecule has 0 N–H and O–H groups in total. The summed E-state index contributed by atoms with van der Waals surface area (Å²) in [5, 5.41) is 1.87. The molecule has 218 valence electrons. The Morgan fingerprint density at radius 1 is 1.19 bits per heavy atom. The van der Waals surface area contributed by atoms with Crippen molar-refractivity contribution in [2.75, 3.05) is 20.3 Å². The molecule has 2 aliphatic heterocycles. The average Bonchev–Trinajstić information content (AvgIpc) is 3.67. The fourth-order valence-corrected chi connectivity index (χ4v) is 7.23. The number of esters is 1. The van der Waals surface area contributed by atoms with Crippen molar-refractivity contribution >= 4 is 34.2 Å². The third kappa shape index (κ3) is 4.80. The minimum atomic E-state index is -0.768. The number of nitrogens with zero attached hydrogens (tertiary/aromatic N) is 3. The normalized spacial score (nSPS) is 18.8. The molecule has 2 aliphatic rings. The molecular formula is C33H35N3O5S. The predicted octanol–water partition coefficient (Wildman–Crippen LogP) is 4.56. The second-order valence-corrected chi connectivity index (χ2v) is 11.8. The molecule has 1 saturated heterocycles. The van der Waals surface area contributed by atoms with Crippen molar-refractivity contribution in [2.45, 2.75) is 59.2 Å². The van der Waals surface area contributed by atoms with E-state index in [9.17, 15) is 9.59 Å². The van der Waals surface area contributed by atoms with E-state index in [1.807, 2.05) is 42.5 Å². The lowest BCUT2D eigenvalue weighted by Gasteiger charge is -2.27. The number of hydrogen-bond acceptors (Lipinski definition) is 7. The first-order valence-corrected chi connectivity index (χ1v) is 15.2. The Balaban J connectivity index is 1.56. The minimum absolute atomic E-state index is 0.209. The fourth-order valence-electron chi connectivity index (χ4n) is 6.19. The van der Waals surface area contributed by atoms with Crippen LogP contribution in [0.15, 0.2) is 63.5 Å². The van der Waals surface area contributed by atoms with Gasteiger partial charge in [0.2, 0.25) is 0 Å². The molecule has 42 heavy (non-hydrogen) atoms. The van der Waals surface area contributed by atoms with E-state index in [1.54, 1.807) is 25.5 Å². The first-order chi connectivity index (χ1) is 20.3. The van der Waals surface area contributed by atoms with Crippen LogP contribution < -0.4 is 19.6 Å². The highest BCUT2D eigenvalue weighted by atomic mass is 32.1. The van der Waals surface area contributed by atoms with Crippen molar-refractivity contribution in [1.82, 2.24) is 9.13 Å². The summed E-state index contributed by atoms with van der Waals surface area (Å²) in [7, 11) is 1.60. The summed E-state index contributed by atoms with van der Waals surface area (Å²) >= 11 is 1.33. The Morgan fingerprint density at radius 3 is 2.74 bits per heavy atom. The van der Waals surface area contributed by atoms with Crippen LogP contribution in [0.4, 0.5) is 0 Å². The van der Waals surface area contributed by atoms with Crippen LogP contribution in [0, 0.1) is 13.8 Å². The highest BCUT2D eigenvalue weighted by Crippen LogP contribution is 2.40. The summed E-state index contributed by atoms with van der Waals surface area (Å²) in [6.45, 7) is 9.56. The van der Waals surface area contributed by atoms with Crippen LogP contribution in [-0.4, -0.2) is 41.5 Å². The number of ether oxygens (including phenoxy) is 3. The van der Waals surface area contributed by atoms with Crippen LogP contribution in [0.2, 0.25) is 0 Å². The van der Waals surface area contributed by atoms with Gasteiger partial charge in [-0.2, -0.15) is 0 Å². The number of aromatic nitrogens is 2. The van der Waals surface area contributed by atoms with Crippen molar-refractivity contribution in [2.24, 2.45) is 4.99 Å².